The Labute approximate surface area is 322 Å². The molecule has 310 valence electrons. The number of esters is 1. The van der Waals surface area contributed by atoms with Crippen molar-refractivity contribution < 1.29 is 55.4 Å². The van der Waals surface area contributed by atoms with E-state index in [1.807, 2.05) is 6.92 Å². The Hall–Kier alpha value is -2.48. The lowest BCUT2D eigenvalue weighted by Crippen LogP contribution is -2.33. The van der Waals surface area contributed by atoms with E-state index < -0.39 is 53.4 Å². The molecule has 0 saturated carbocycles. The van der Waals surface area contributed by atoms with Crippen LogP contribution in [0, 0.1) is 6.92 Å². The molecular formula is C36H57N2O14P3. The quantitative estimate of drug-likeness (QED) is 0.0240. The molecule has 1 aromatic carbocycles. The summed E-state index contributed by atoms with van der Waals surface area (Å²) in [6, 6.07) is 6.20. The standard InChI is InChI=1S/C36H57N2O14P3/c1-4-6-8-9-10-11-12-13-14-15-16-17-25-53(42,47-27-30-19-21-31(22-20-30)50-34(39)18-7-5-2)51-55(45,46)52-54(43,44)48-28-32-23-24-33(49-32)38-26-29(3)35(40)37-36(38)41/h19-24,26,32-33H,4-18,25,27-28H2,1-3H3,(H,43,44)(H,45,46)(H,37,40,41)/t32-,33+,53?/m0/s1. The molecule has 19 heteroatoms. The minimum atomic E-state index is -5.53. The van der Waals surface area contributed by atoms with Gasteiger partial charge in [0, 0.05) is 18.2 Å². The number of aromatic nitrogens is 2. The summed E-state index contributed by atoms with van der Waals surface area (Å²) in [5, 5.41) is 0. The second kappa shape index (κ2) is 23.7. The summed E-state index contributed by atoms with van der Waals surface area (Å²) in [4.78, 5) is 58.8. The molecule has 55 heavy (non-hydrogen) atoms. The lowest BCUT2D eigenvalue weighted by molar-refractivity contribution is -0.134. The third kappa shape index (κ3) is 18.1. The normalized spacial score (nSPS) is 18.8. The zero-order valence-corrected chi connectivity index (χ0v) is 34.7. The number of carbonyl (C=O) groups is 1. The number of aromatic amines is 1. The first-order valence-electron chi connectivity index (χ1n) is 19.1. The van der Waals surface area contributed by atoms with E-state index in [0.717, 1.165) is 36.7 Å². The summed E-state index contributed by atoms with van der Waals surface area (Å²) in [5.74, 6) is -0.0636. The van der Waals surface area contributed by atoms with Gasteiger partial charge in [-0.2, -0.15) is 4.31 Å². The molecular weight excluding hydrogens is 777 g/mol. The summed E-state index contributed by atoms with van der Waals surface area (Å²) in [7, 11) is -15.3. The van der Waals surface area contributed by atoms with Crippen LogP contribution in [-0.2, 0) is 47.5 Å². The lowest BCUT2D eigenvalue weighted by atomic mass is 10.1. The predicted molar refractivity (Wildman–Crippen MR) is 207 cm³/mol. The third-order valence-corrected chi connectivity index (χ3v) is 14.0. The Morgan fingerprint density at radius 3 is 2.02 bits per heavy atom. The molecule has 1 aliphatic heterocycles. The van der Waals surface area contributed by atoms with E-state index in [2.05, 4.69) is 16.2 Å². The topological polar surface area (TPSA) is 219 Å². The van der Waals surface area contributed by atoms with Gasteiger partial charge in [0.15, 0.2) is 6.23 Å². The number of phosphoric acid groups is 2. The molecule has 0 radical (unpaired) electrons. The van der Waals surface area contributed by atoms with Crippen LogP contribution >= 0.6 is 23.2 Å². The minimum Gasteiger partial charge on any atom is -0.427 e. The van der Waals surface area contributed by atoms with Crippen molar-refractivity contribution in [3.63, 3.8) is 0 Å². The molecule has 3 unspecified atom stereocenters. The number of aryl methyl sites for hydroxylation is 1. The van der Waals surface area contributed by atoms with Crippen molar-refractivity contribution in [2.45, 2.75) is 136 Å². The summed E-state index contributed by atoms with van der Waals surface area (Å²) in [5.41, 5.74) is -0.561. The van der Waals surface area contributed by atoms with Crippen LogP contribution in [0.2, 0.25) is 0 Å². The third-order valence-electron chi connectivity index (χ3n) is 8.66. The minimum absolute atomic E-state index is 0.252. The van der Waals surface area contributed by atoms with E-state index in [0.29, 0.717) is 30.6 Å². The van der Waals surface area contributed by atoms with Crippen molar-refractivity contribution in [3.8, 4) is 5.75 Å². The monoisotopic (exact) mass is 834 g/mol. The van der Waals surface area contributed by atoms with Crippen molar-refractivity contribution in [3.05, 3.63) is 74.6 Å². The summed E-state index contributed by atoms with van der Waals surface area (Å²) < 4.78 is 71.6. The Morgan fingerprint density at radius 1 is 0.800 bits per heavy atom. The second-order valence-corrected chi connectivity index (χ2v) is 18.9. The second-order valence-electron chi connectivity index (χ2n) is 13.5. The largest absolute Gasteiger partial charge is 0.488 e. The van der Waals surface area contributed by atoms with Crippen molar-refractivity contribution in [1.82, 2.24) is 9.55 Å². The number of nitrogens with one attached hydrogen (secondary N) is 1. The fraction of sp³-hybridized carbons (Fsp3) is 0.639. The lowest BCUT2D eigenvalue weighted by Gasteiger charge is -2.23. The fourth-order valence-corrected chi connectivity index (χ4v) is 10.4. The van der Waals surface area contributed by atoms with Crippen LogP contribution in [0.15, 0.2) is 52.2 Å². The number of hydrogen-bond donors (Lipinski definition) is 3. The molecule has 3 rings (SSSR count). The van der Waals surface area contributed by atoms with Gasteiger partial charge in [-0.25, -0.2) is 18.2 Å². The number of ether oxygens (including phenoxy) is 2. The molecule has 1 aliphatic rings. The van der Waals surface area contributed by atoms with Gasteiger partial charge in [0.2, 0.25) is 0 Å². The van der Waals surface area contributed by atoms with Crippen LogP contribution in [0.1, 0.15) is 128 Å². The first-order chi connectivity index (χ1) is 26.1. The Balaban J connectivity index is 1.56. The molecule has 2 heterocycles. The summed E-state index contributed by atoms with van der Waals surface area (Å²) in [6.45, 7) is 4.69. The van der Waals surface area contributed by atoms with Crippen LogP contribution in [0.4, 0.5) is 0 Å². The molecule has 16 nitrogen and oxygen atoms in total. The molecule has 0 saturated heterocycles. The number of benzene rings is 1. The molecule has 0 aliphatic carbocycles. The van der Waals surface area contributed by atoms with Crippen molar-refractivity contribution in [2.75, 3.05) is 12.8 Å². The highest BCUT2D eigenvalue weighted by Crippen LogP contribution is 2.69. The van der Waals surface area contributed by atoms with Gasteiger partial charge in [0.25, 0.3) is 5.56 Å². The number of nitrogens with zero attached hydrogens (tertiary/aromatic N) is 1. The van der Waals surface area contributed by atoms with Gasteiger partial charge in [0.1, 0.15) is 11.9 Å². The van der Waals surface area contributed by atoms with Gasteiger partial charge in [-0.3, -0.25) is 28.2 Å². The van der Waals surface area contributed by atoms with E-state index >= 15 is 0 Å². The number of hydrogen-bond acceptors (Lipinski definition) is 12. The van der Waals surface area contributed by atoms with Crippen LogP contribution in [-0.4, -0.2) is 44.2 Å². The first kappa shape index (κ1) is 46.9. The SMILES string of the molecule is CCCCCCCCCCCCCCP(=O)(OCc1ccc(OC(=O)CCCC)cc1)OP(=O)(O)OP(=O)(O)OC[C@@H]1C=C[C@H](n2cc(C)c(=O)[nH]c2=O)O1. The molecule has 0 fully saturated rings. The van der Waals surface area contributed by atoms with Crippen LogP contribution in [0.25, 0.3) is 0 Å². The van der Waals surface area contributed by atoms with E-state index in [4.69, 9.17) is 22.8 Å². The van der Waals surface area contributed by atoms with Crippen molar-refractivity contribution in [2.24, 2.45) is 0 Å². The summed E-state index contributed by atoms with van der Waals surface area (Å²) in [6.07, 6.45) is 16.2. The number of H-pyrrole nitrogens is 1. The average Bonchev–Trinajstić information content (AvgIpc) is 3.60. The van der Waals surface area contributed by atoms with Gasteiger partial charge in [-0.1, -0.05) is 109 Å². The number of rotatable bonds is 28. The number of unbranched alkanes of at least 4 members (excludes halogenated alkanes) is 12. The van der Waals surface area contributed by atoms with Gasteiger partial charge < -0.3 is 23.8 Å². The maximum atomic E-state index is 13.9. The number of carbonyl (C=O) groups excluding carboxylic acids is 1. The molecule has 3 N–H and O–H groups in total. The van der Waals surface area contributed by atoms with Gasteiger partial charge in [-0.05, 0) is 43.5 Å². The smallest absolute Gasteiger partial charge is 0.427 e. The number of phosphoric ester groups is 1. The molecule has 0 spiro atoms. The summed E-state index contributed by atoms with van der Waals surface area (Å²) >= 11 is 0. The van der Waals surface area contributed by atoms with E-state index in [1.165, 1.54) is 75.9 Å². The molecule has 2 aromatic rings. The predicted octanol–water partition coefficient (Wildman–Crippen LogP) is 8.76. The van der Waals surface area contributed by atoms with Gasteiger partial charge in [-0.15, -0.1) is 0 Å². The van der Waals surface area contributed by atoms with Crippen LogP contribution in [0.5, 0.6) is 5.75 Å². The molecule has 0 bridgehead atoms. The van der Waals surface area contributed by atoms with Crippen LogP contribution < -0.4 is 16.0 Å². The maximum absolute atomic E-state index is 13.9. The average molecular weight is 835 g/mol. The molecule has 1 aromatic heterocycles. The van der Waals surface area contributed by atoms with E-state index in [-0.39, 0.29) is 30.7 Å². The van der Waals surface area contributed by atoms with Gasteiger partial charge in [0.05, 0.1) is 19.4 Å². The first-order valence-corrected chi connectivity index (χ1v) is 23.8. The maximum Gasteiger partial charge on any atom is 0.488 e. The zero-order valence-electron chi connectivity index (χ0n) is 32.0. The molecule has 5 atom stereocenters. The van der Waals surface area contributed by atoms with Crippen LogP contribution in [0.3, 0.4) is 0 Å². The molecule has 0 amide bonds. The van der Waals surface area contributed by atoms with Gasteiger partial charge >= 0.3 is 34.9 Å². The van der Waals surface area contributed by atoms with Crippen molar-refractivity contribution >= 4 is 29.2 Å². The van der Waals surface area contributed by atoms with E-state index in [9.17, 15) is 37.9 Å². The van der Waals surface area contributed by atoms with E-state index in [1.54, 1.807) is 12.1 Å². The zero-order chi connectivity index (χ0) is 40.3. The highest BCUT2D eigenvalue weighted by atomic mass is 31.3. The fourth-order valence-electron chi connectivity index (χ4n) is 5.62. The Bertz CT molecular complexity index is 1780. The highest BCUT2D eigenvalue weighted by molar-refractivity contribution is 7.68. The highest BCUT2D eigenvalue weighted by Gasteiger charge is 2.43. The Morgan fingerprint density at radius 2 is 1.40 bits per heavy atom. The Kier molecular flexibility index (Phi) is 20.2. The van der Waals surface area contributed by atoms with Crippen molar-refractivity contribution in [1.29, 1.82) is 0 Å².